The third-order valence-electron chi connectivity index (χ3n) is 5.34. The van der Waals surface area contributed by atoms with E-state index in [1.165, 1.54) is 19.3 Å². The van der Waals surface area contributed by atoms with Gasteiger partial charge in [0, 0.05) is 18.2 Å². The van der Waals surface area contributed by atoms with Crippen LogP contribution in [0.25, 0.3) is 0 Å². The summed E-state index contributed by atoms with van der Waals surface area (Å²) in [5.74, 6) is 1.37. The Bertz CT molecular complexity index is 619. The Morgan fingerprint density at radius 3 is 2.48 bits per heavy atom. The molecule has 0 radical (unpaired) electrons. The Kier molecular flexibility index (Phi) is 4.11. The van der Waals surface area contributed by atoms with Crippen LogP contribution in [0.5, 0.6) is 0 Å². The van der Waals surface area contributed by atoms with Crippen molar-refractivity contribution in [1.29, 1.82) is 5.26 Å². The molecule has 5 nitrogen and oxygen atoms in total. The van der Waals surface area contributed by atoms with Gasteiger partial charge in [0.15, 0.2) is 0 Å². The standard InChI is InChI=1S/C17H24BN3O2/c1-16(2)17(3,4)23-18(22-16)14-8-13(9-19)15(21-11-14)20-10-12-6-5-7-12/h8,11-12H,5-7,10H2,1-4H3,(H,20,21). The number of nitriles is 1. The van der Waals surface area contributed by atoms with Gasteiger partial charge in [-0.15, -0.1) is 0 Å². The van der Waals surface area contributed by atoms with Crippen LogP contribution in [-0.4, -0.2) is 29.8 Å². The second-order valence-electron chi connectivity index (χ2n) is 7.54. The number of nitrogens with one attached hydrogen (secondary N) is 1. The van der Waals surface area contributed by atoms with E-state index in [2.05, 4.69) is 16.4 Å². The van der Waals surface area contributed by atoms with Gasteiger partial charge in [0.2, 0.25) is 0 Å². The van der Waals surface area contributed by atoms with Gasteiger partial charge >= 0.3 is 7.12 Å². The quantitative estimate of drug-likeness (QED) is 0.865. The summed E-state index contributed by atoms with van der Waals surface area (Å²) in [5.41, 5.74) is 0.531. The average Bonchev–Trinajstić information content (AvgIpc) is 2.66. The SMILES string of the molecule is CC1(C)OB(c2cnc(NCC3CCC3)c(C#N)c2)OC1(C)C. The molecule has 1 aromatic rings. The lowest BCUT2D eigenvalue weighted by Crippen LogP contribution is -2.41. The minimum atomic E-state index is -0.486. The summed E-state index contributed by atoms with van der Waals surface area (Å²) in [5, 5.41) is 12.7. The highest BCUT2D eigenvalue weighted by Gasteiger charge is 2.51. The molecule has 1 aliphatic carbocycles. The van der Waals surface area contributed by atoms with Crippen LogP contribution < -0.4 is 10.8 Å². The lowest BCUT2D eigenvalue weighted by Gasteiger charge is -2.32. The lowest BCUT2D eigenvalue weighted by molar-refractivity contribution is 0.00578. The number of hydrogen-bond donors (Lipinski definition) is 1. The maximum Gasteiger partial charge on any atom is 0.496 e. The van der Waals surface area contributed by atoms with Crippen LogP contribution in [-0.2, 0) is 9.31 Å². The predicted octanol–water partition coefficient (Wildman–Crippen LogP) is 2.46. The predicted molar refractivity (Wildman–Crippen MR) is 90.5 cm³/mol. The first-order chi connectivity index (χ1) is 10.8. The summed E-state index contributed by atoms with van der Waals surface area (Å²) in [7, 11) is -0.486. The number of hydrogen-bond acceptors (Lipinski definition) is 5. The van der Waals surface area contributed by atoms with Crippen molar-refractivity contribution in [2.45, 2.75) is 58.2 Å². The minimum absolute atomic E-state index is 0.397. The minimum Gasteiger partial charge on any atom is -0.399 e. The molecular formula is C17H24BN3O2. The van der Waals surface area contributed by atoms with Crippen molar-refractivity contribution in [2.24, 2.45) is 5.92 Å². The zero-order chi connectivity index (χ0) is 16.7. The summed E-state index contributed by atoms with van der Waals surface area (Å²) in [4.78, 5) is 4.43. The first-order valence-electron chi connectivity index (χ1n) is 8.32. The molecule has 2 aliphatic rings. The van der Waals surface area contributed by atoms with Gasteiger partial charge in [-0.1, -0.05) is 6.42 Å². The fraction of sp³-hybridized carbons (Fsp3) is 0.647. The molecule has 0 atom stereocenters. The maximum atomic E-state index is 9.42. The fourth-order valence-corrected chi connectivity index (χ4v) is 2.75. The van der Waals surface area contributed by atoms with Crippen LogP contribution >= 0.6 is 0 Å². The molecule has 1 saturated heterocycles. The maximum absolute atomic E-state index is 9.42. The van der Waals surface area contributed by atoms with Gasteiger partial charge in [-0.2, -0.15) is 5.26 Å². The van der Waals surface area contributed by atoms with Gasteiger partial charge in [-0.25, -0.2) is 4.98 Å². The Balaban J connectivity index is 1.75. The van der Waals surface area contributed by atoms with Gasteiger partial charge in [0.05, 0.1) is 16.8 Å². The fourth-order valence-electron chi connectivity index (χ4n) is 2.75. The Morgan fingerprint density at radius 2 is 1.96 bits per heavy atom. The average molecular weight is 313 g/mol. The van der Waals surface area contributed by atoms with Crippen molar-refractivity contribution in [3.63, 3.8) is 0 Å². The van der Waals surface area contributed by atoms with Crippen LogP contribution in [0.4, 0.5) is 5.82 Å². The number of pyridine rings is 1. The largest absolute Gasteiger partial charge is 0.496 e. The van der Waals surface area contributed by atoms with E-state index < -0.39 is 18.3 Å². The molecule has 2 heterocycles. The van der Waals surface area contributed by atoms with Crippen LogP contribution in [0, 0.1) is 17.2 Å². The topological polar surface area (TPSA) is 67.2 Å². The zero-order valence-corrected chi connectivity index (χ0v) is 14.3. The molecule has 122 valence electrons. The van der Waals surface area contributed by atoms with E-state index in [9.17, 15) is 5.26 Å². The van der Waals surface area contributed by atoms with Crippen molar-refractivity contribution in [3.05, 3.63) is 17.8 Å². The number of rotatable bonds is 4. The molecule has 3 rings (SSSR count). The van der Waals surface area contributed by atoms with E-state index in [1.807, 2.05) is 33.8 Å². The van der Waals surface area contributed by atoms with Crippen molar-refractivity contribution in [3.8, 4) is 6.07 Å². The highest BCUT2D eigenvalue weighted by atomic mass is 16.7. The lowest BCUT2D eigenvalue weighted by atomic mass is 9.79. The van der Waals surface area contributed by atoms with Crippen molar-refractivity contribution >= 4 is 18.4 Å². The summed E-state index contributed by atoms with van der Waals surface area (Å²) < 4.78 is 12.0. The third kappa shape index (κ3) is 3.08. The van der Waals surface area contributed by atoms with Gasteiger partial charge in [-0.3, -0.25) is 0 Å². The van der Waals surface area contributed by atoms with Gasteiger partial charge < -0.3 is 14.6 Å². The van der Waals surface area contributed by atoms with Gasteiger partial charge in [0.25, 0.3) is 0 Å². The van der Waals surface area contributed by atoms with Gasteiger partial charge in [0.1, 0.15) is 11.9 Å². The first kappa shape index (κ1) is 16.3. The molecule has 1 N–H and O–H groups in total. The summed E-state index contributed by atoms with van der Waals surface area (Å²) >= 11 is 0. The van der Waals surface area contributed by atoms with Crippen LogP contribution in [0.2, 0.25) is 0 Å². The second kappa shape index (κ2) is 5.81. The van der Waals surface area contributed by atoms with E-state index >= 15 is 0 Å². The van der Waals surface area contributed by atoms with Crippen molar-refractivity contribution in [2.75, 3.05) is 11.9 Å². The normalized spacial score (nSPS) is 22.5. The Hall–Kier alpha value is -1.58. The molecule has 0 unspecified atom stereocenters. The summed E-state index contributed by atoms with van der Waals surface area (Å²) in [6.07, 6.45) is 5.58. The van der Waals surface area contributed by atoms with Crippen LogP contribution in [0.1, 0.15) is 52.5 Å². The molecule has 0 spiro atoms. The number of nitrogens with zero attached hydrogens (tertiary/aromatic N) is 2. The molecule has 0 amide bonds. The van der Waals surface area contributed by atoms with Crippen molar-refractivity contribution in [1.82, 2.24) is 4.98 Å². The second-order valence-corrected chi connectivity index (χ2v) is 7.54. The highest BCUT2D eigenvalue weighted by molar-refractivity contribution is 6.62. The van der Waals surface area contributed by atoms with Crippen molar-refractivity contribution < 1.29 is 9.31 Å². The zero-order valence-electron chi connectivity index (χ0n) is 14.3. The summed E-state index contributed by atoms with van der Waals surface area (Å²) in [6.45, 7) is 8.94. The molecule has 0 aromatic carbocycles. The molecule has 6 heteroatoms. The number of anilines is 1. The number of aromatic nitrogens is 1. The monoisotopic (exact) mass is 313 g/mol. The van der Waals surface area contributed by atoms with E-state index in [4.69, 9.17) is 9.31 Å². The Morgan fingerprint density at radius 1 is 1.30 bits per heavy atom. The van der Waals surface area contributed by atoms with E-state index in [-0.39, 0.29) is 0 Å². The van der Waals surface area contributed by atoms with Crippen LogP contribution in [0.15, 0.2) is 12.3 Å². The van der Waals surface area contributed by atoms with E-state index in [0.717, 1.165) is 12.0 Å². The Labute approximate surface area is 138 Å². The molecule has 0 bridgehead atoms. The smallest absolute Gasteiger partial charge is 0.399 e. The molecule has 23 heavy (non-hydrogen) atoms. The first-order valence-corrected chi connectivity index (χ1v) is 8.32. The van der Waals surface area contributed by atoms with Gasteiger partial charge in [-0.05, 0) is 52.5 Å². The molecule has 2 fully saturated rings. The summed E-state index contributed by atoms with van der Waals surface area (Å²) in [6, 6.07) is 4.04. The van der Waals surface area contributed by atoms with E-state index in [0.29, 0.717) is 17.3 Å². The highest BCUT2D eigenvalue weighted by Crippen LogP contribution is 2.36. The van der Waals surface area contributed by atoms with Crippen LogP contribution in [0.3, 0.4) is 0 Å². The molecular weight excluding hydrogens is 289 g/mol. The molecule has 1 aromatic heterocycles. The molecule has 1 saturated carbocycles. The molecule has 1 aliphatic heterocycles. The van der Waals surface area contributed by atoms with E-state index in [1.54, 1.807) is 6.20 Å². The third-order valence-corrected chi connectivity index (χ3v) is 5.34.